The fraction of sp³-hybridized carbons (Fsp3) is 0.375. The van der Waals surface area contributed by atoms with Gasteiger partial charge in [0, 0.05) is 24.0 Å². The van der Waals surface area contributed by atoms with Crippen LogP contribution in [0.2, 0.25) is 5.02 Å². The molecular formula is C32H37ClFN3O5S. The van der Waals surface area contributed by atoms with Crippen LogP contribution in [-0.2, 0) is 32.6 Å². The summed E-state index contributed by atoms with van der Waals surface area (Å²) in [6.07, 6.45) is 6.03. The molecule has 230 valence electrons. The second-order valence-corrected chi connectivity index (χ2v) is 13.1. The predicted octanol–water partition coefficient (Wildman–Crippen LogP) is 5.34. The molecular weight excluding hydrogens is 593 g/mol. The first-order valence-electron chi connectivity index (χ1n) is 14.2. The van der Waals surface area contributed by atoms with Crippen LogP contribution in [0.4, 0.5) is 10.1 Å². The van der Waals surface area contributed by atoms with E-state index in [-0.39, 0.29) is 41.4 Å². The van der Waals surface area contributed by atoms with Crippen molar-refractivity contribution in [3.63, 3.8) is 0 Å². The Morgan fingerprint density at radius 3 is 2.30 bits per heavy atom. The van der Waals surface area contributed by atoms with Gasteiger partial charge >= 0.3 is 0 Å². The molecule has 0 bridgehead atoms. The van der Waals surface area contributed by atoms with E-state index in [2.05, 4.69) is 5.32 Å². The summed E-state index contributed by atoms with van der Waals surface area (Å²) in [6.45, 7) is -0.655. The first-order valence-corrected chi connectivity index (χ1v) is 16.5. The zero-order chi connectivity index (χ0) is 31.0. The summed E-state index contributed by atoms with van der Waals surface area (Å²) < 4.78 is 46.2. The zero-order valence-electron chi connectivity index (χ0n) is 24.3. The largest absolute Gasteiger partial charge is 0.495 e. The molecule has 1 atom stereocenters. The van der Waals surface area contributed by atoms with Gasteiger partial charge in [-0.25, -0.2) is 12.8 Å². The zero-order valence-corrected chi connectivity index (χ0v) is 25.9. The number of anilines is 1. The van der Waals surface area contributed by atoms with E-state index in [1.807, 2.05) is 30.3 Å². The highest BCUT2D eigenvalue weighted by atomic mass is 35.5. The van der Waals surface area contributed by atoms with Crippen LogP contribution in [0.25, 0.3) is 0 Å². The first kappa shape index (κ1) is 32.3. The summed E-state index contributed by atoms with van der Waals surface area (Å²) in [7, 11) is -2.61. The van der Waals surface area contributed by atoms with Gasteiger partial charge < -0.3 is 15.0 Å². The summed E-state index contributed by atoms with van der Waals surface area (Å²) >= 11 is 6.21. The molecule has 1 aliphatic carbocycles. The van der Waals surface area contributed by atoms with Gasteiger partial charge in [-0.3, -0.25) is 13.9 Å². The lowest BCUT2D eigenvalue weighted by Crippen LogP contribution is -2.55. The van der Waals surface area contributed by atoms with Crippen molar-refractivity contribution < 1.29 is 27.1 Å². The quantitative estimate of drug-likeness (QED) is 0.292. The first-order chi connectivity index (χ1) is 20.5. The van der Waals surface area contributed by atoms with E-state index in [1.165, 1.54) is 36.3 Å². The van der Waals surface area contributed by atoms with Crippen molar-refractivity contribution >= 4 is 39.1 Å². The van der Waals surface area contributed by atoms with E-state index >= 15 is 0 Å². The number of carbonyl (C=O) groups excluding carboxylic acids is 2. The molecule has 0 unspecified atom stereocenters. The van der Waals surface area contributed by atoms with E-state index in [4.69, 9.17) is 16.3 Å². The minimum absolute atomic E-state index is 0.00876. The Balaban J connectivity index is 1.75. The van der Waals surface area contributed by atoms with E-state index in [0.29, 0.717) is 5.56 Å². The van der Waals surface area contributed by atoms with E-state index < -0.39 is 34.3 Å². The molecule has 0 saturated heterocycles. The van der Waals surface area contributed by atoms with Crippen molar-refractivity contribution in [2.24, 2.45) is 0 Å². The van der Waals surface area contributed by atoms with E-state index in [0.717, 1.165) is 48.2 Å². The molecule has 0 radical (unpaired) electrons. The number of halogens is 2. The van der Waals surface area contributed by atoms with Gasteiger partial charge in [0.1, 0.15) is 24.2 Å². The van der Waals surface area contributed by atoms with Crippen LogP contribution in [0.15, 0.2) is 72.8 Å². The average Bonchev–Trinajstić information content (AvgIpc) is 2.99. The monoisotopic (exact) mass is 629 g/mol. The summed E-state index contributed by atoms with van der Waals surface area (Å²) in [6, 6.07) is 18.5. The van der Waals surface area contributed by atoms with Gasteiger partial charge in [0.05, 0.1) is 19.1 Å². The van der Waals surface area contributed by atoms with Crippen molar-refractivity contribution in [3.8, 4) is 5.75 Å². The van der Waals surface area contributed by atoms with Gasteiger partial charge in [-0.1, -0.05) is 73.3 Å². The normalized spacial score (nSPS) is 14.5. The molecule has 1 N–H and O–H groups in total. The van der Waals surface area contributed by atoms with Gasteiger partial charge in [-0.2, -0.15) is 0 Å². The maximum absolute atomic E-state index is 14.2. The van der Waals surface area contributed by atoms with E-state index in [1.54, 1.807) is 18.2 Å². The Morgan fingerprint density at radius 1 is 1.00 bits per heavy atom. The number of hydrogen-bond donors (Lipinski definition) is 1. The Bertz CT molecular complexity index is 1500. The lowest BCUT2D eigenvalue weighted by molar-refractivity contribution is -0.140. The van der Waals surface area contributed by atoms with Crippen LogP contribution in [0.5, 0.6) is 5.75 Å². The highest BCUT2D eigenvalue weighted by molar-refractivity contribution is 7.92. The lowest BCUT2D eigenvalue weighted by atomic mass is 9.94. The third-order valence-corrected chi connectivity index (χ3v) is 8.94. The Labute approximate surface area is 257 Å². The van der Waals surface area contributed by atoms with Crippen LogP contribution in [0.1, 0.15) is 43.2 Å². The number of amides is 2. The van der Waals surface area contributed by atoms with Crippen LogP contribution in [-0.4, -0.2) is 57.1 Å². The molecule has 1 aliphatic rings. The molecule has 0 heterocycles. The van der Waals surface area contributed by atoms with Gasteiger partial charge in [0.2, 0.25) is 21.8 Å². The maximum atomic E-state index is 14.2. The van der Waals surface area contributed by atoms with Crippen molar-refractivity contribution in [3.05, 3.63) is 94.8 Å². The standard InChI is InChI=1S/C32H37ClFN3O5S/c1-42-30-18-15-25(33)20-28(30)37(43(2,40)41)22-31(38)36(21-24-13-16-26(34)17-14-24)29(19-23-9-5-3-6-10-23)32(39)35-27-11-7-4-8-12-27/h3,5-6,9-10,13-18,20,27,29H,4,7-8,11-12,19,21-22H2,1-2H3,(H,35,39)/t29-/m1/s1. The van der Waals surface area contributed by atoms with Gasteiger partial charge in [-0.05, 0) is 54.3 Å². The Morgan fingerprint density at radius 2 is 1.67 bits per heavy atom. The number of carbonyl (C=O) groups is 2. The molecule has 8 nitrogen and oxygen atoms in total. The second kappa shape index (κ2) is 14.7. The molecule has 1 saturated carbocycles. The molecule has 2 amide bonds. The van der Waals surface area contributed by atoms with Crippen LogP contribution < -0.4 is 14.4 Å². The van der Waals surface area contributed by atoms with Gasteiger partial charge in [-0.15, -0.1) is 0 Å². The lowest BCUT2D eigenvalue weighted by Gasteiger charge is -2.35. The number of nitrogens with zero attached hydrogens (tertiary/aromatic N) is 2. The number of nitrogens with one attached hydrogen (secondary N) is 1. The second-order valence-electron chi connectivity index (χ2n) is 10.8. The molecule has 1 fully saturated rings. The highest BCUT2D eigenvalue weighted by Gasteiger charge is 2.34. The number of benzene rings is 3. The molecule has 4 rings (SSSR count). The fourth-order valence-electron chi connectivity index (χ4n) is 5.34. The smallest absolute Gasteiger partial charge is 0.244 e. The number of methoxy groups -OCH3 is 1. The number of ether oxygens (including phenoxy) is 1. The molecule has 3 aromatic carbocycles. The topological polar surface area (TPSA) is 96.0 Å². The fourth-order valence-corrected chi connectivity index (χ4v) is 6.35. The summed E-state index contributed by atoms with van der Waals surface area (Å²) in [5.74, 6) is -1.16. The maximum Gasteiger partial charge on any atom is 0.244 e. The summed E-state index contributed by atoms with van der Waals surface area (Å²) in [5.41, 5.74) is 1.52. The SMILES string of the molecule is COc1ccc(Cl)cc1N(CC(=O)N(Cc1ccc(F)cc1)[C@H](Cc1ccccc1)C(=O)NC1CCCCC1)S(C)(=O)=O. The minimum atomic E-state index is -4.00. The Kier molecular flexibility index (Phi) is 11.0. The van der Waals surface area contributed by atoms with Crippen LogP contribution in [0.3, 0.4) is 0 Å². The third kappa shape index (κ3) is 8.93. The molecule has 0 aromatic heterocycles. The van der Waals surface area contributed by atoms with Gasteiger partial charge in [0.25, 0.3) is 0 Å². The average molecular weight is 630 g/mol. The van der Waals surface area contributed by atoms with Crippen LogP contribution >= 0.6 is 11.6 Å². The third-order valence-electron chi connectivity index (χ3n) is 7.58. The molecule has 0 aliphatic heterocycles. The van der Waals surface area contributed by atoms with Crippen molar-refractivity contribution in [2.75, 3.05) is 24.2 Å². The highest BCUT2D eigenvalue weighted by Crippen LogP contribution is 2.33. The number of hydrogen-bond acceptors (Lipinski definition) is 5. The molecule has 43 heavy (non-hydrogen) atoms. The Hall–Kier alpha value is -3.63. The van der Waals surface area contributed by atoms with Gasteiger partial charge in [0.15, 0.2) is 0 Å². The summed E-state index contributed by atoms with van der Waals surface area (Å²) in [5, 5.41) is 3.41. The number of rotatable bonds is 12. The van der Waals surface area contributed by atoms with E-state index in [9.17, 15) is 22.4 Å². The van der Waals surface area contributed by atoms with Crippen LogP contribution in [0, 0.1) is 5.82 Å². The minimum Gasteiger partial charge on any atom is -0.495 e. The predicted molar refractivity (Wildman–Crippen MR) is 166 cm³/mol. The van der Waals surface area contributed by atoms with Crippen molar-refractivity contribution in [2.45, 2.75) is 57.2 Å². The summed E-state index contributed by atoms with van der Waals surface area (Å²) in [4.78, 5) is 29.6. The molecule has 11 heteroatoms. The molecule has 0 spiro atoms. The van der Waals surface area contributed by atoms with Crippen molar-refractivity contribution in [1.82, 2.24) is 10.2 Å². The molecule has 3 aromatic rings. The number of sulfonamides is 1. The van der Waals surface area contributed by atoms with Crippen molar-refractivity contribution in [1.29, 1.82) is 0 Å².